The monoisotopic (exact) mass is 266 g/mol. The minimum Gasteiger partial charge on any atom is -0.381 e. The zero-order valence-corrected chi connectivity index (χ0v) is 11.8. The number of anilines is 3. The van der Waals surface area contributed by atoms with Crippen LogP contribution in [0.1, 0.15) is 12.8 Å². The van der Waals surface area contributed by atoms with E-state index in [4.69, 9.17) is 10.5 Å². The molecule has 1 unspecified atom stereocenters. The van der Waals surface area contributed by atoms with E-state index in [2.05, 4.69) is 15.0 Å². The quantitative estimate of drug-likeness (QED) is 0.844. The Balaban J connectivity index is 2.07. The predicted molar refractivity (Wildman–Crippen MR) is 75.4 cm³/mol. The second kappa shape index (κ2) is 6.01. The molecule has 1 aliphatic heterocycles. The van der Waals surface area contributed by atoms with Crippen molar-refractivity contribution >= 4 is 17.8 Å². The third-order valence-electron chi connectivity index (χ3n) is 3.16. The fourth-order valence-corrected chi connectivity index (χ4v) is 2.16. The molecular weight excluding hydrogens is 244 g/mol. The van der Waals surface area contributed by atoms with Gasteiger partial charge in [0, 0.05) is 34.3 Å². The molecule has 0 aliphatic carbocycles. The Morgan fingerprint density at radius 1 is 1.21 bits per heavy atom. The minimum absolute atomic E-state index is 0.250. The van der Waals surface area contributed by atoms with E-state index in [-0.39, 0.29) is 5.95 Å². The Bertz CT molecular complexity index is 419. The number of hydrogen-bond donors (Lipinski definition) is 1. The van der Waals surface area contributed by atoms with Crippen LogP contribution in [0.2, 0.25) is 0 Å². The fraction of sp³-hybridized carbons (Fsp3) is 0.750. The molecule has 7 nitrogen and oxygen atoms in total. The van der Waals surface area contributed by atoms with Crippen LogP contribution in [0, 0.1) is 5.92 Å². The molecular formula is C12H22N6O. The molecule has 1 saturated heterocycles. The molecule has 0 aromatic carbocycles. The standard InChI is InChI=1S/C12H22N6O/c1-17(2)11-14-10(13)15-12(16-11)18(3)7-9-5-4-6-19-8-9/h9H,4-8H2,1-3H3,(H2,13,14,15,16). The predicted octanol–water partition coefficient (Wildman–Crippen LogP) is 0.383. The molecule has 106 valence electrons. The van der Waals surface area contributed by atoms with Crippen LogP contribution >= 0.6 is 0 Å². The summed E-state index contributed by atoms with van der Waals surface area (Å²) in [5.74, 6) is 1.97. The Kier molecular flexibility index (Phi) is 4.36. The summed E-state index contributed by atoms with van der Waals surface area (Å²) in [7, 11) is 5.74. The smallest absolute Gasteiger partial charge is 0.231 e. The van der Waals surface area contributed by atoms with Crippen molar-refractivity contribution in [2.45, 2.75) is 12.8 Å². The van der Waals surface area contributed by atoms with Gasteiger partial charge in [-0.25, -0.2) is 0 Å². The number of hydrogen-bond acceptors (Lipinski definition) is 7. The van der Waals surface area contributed by atoms with Crippen molar-refractivity contribution in [1.29, 1.82) is 0 Å². The van der Waals surface area contributed by atoms with Gasteiger partial charge in [-0.15, -0.1) is 0 Å². The van der Waals surface area contributed by atoms with Gasteiger partial charge in [0.25, 0.3) is 0 Å². The average molecular weight is 266 g/mol. The van der Waals surface area contributed by atoms with Crippen LogP contribution in [0.5, 0.6) is 0 Å². The van der Waals surface area contributed by atoms with Gasteiger partial charge >= 0.3 is 0 Å². The maximum Gasteiger partial charge on any atom is 0.231 e. The molecule has 2 heterocycles. The highest BCUT2D eigenvalue weighted by Gasteiger charge is 2.18. The summed E-state index contributed by atoms with van der Waals surface area (Å²) in [5, 5.41) is 0. The van der Waals surface area contributed by atoms with Crippen LogP contribution in [-0.4, -0.2) is 55.9 Å². The van der Waals surface area contributed by atoms with Crippen molar-refractivity contribution in [2.75, 3.05) is 56.4 Å². The van der Waals surface area contributed by atoms with E-state index in [0.29, 0.717) is 17.8 Å². The van der Waals surface area contributed by atoms with Crippen LogP contribution in [0.15, 0.2) is 0 Å². The second-order valence-corrected chi connectivity index (χ2v) is 5.15. The Labute approximate surface area is 113 Å². The SMILES string of the molecule is CN(C)c1nc(N)nc(N(C)CC2CCCOC2)n1. The number of nitrogens with two attached hydrogens (primary N) is 1. The number of nitrogen functional groups attached to an aromatic ring is 1. The topological polar surface area (TPSA) is 80.4 Å². The molecule has 1 atom stereocenters. The van der Waals surface area contributed by atoms with Gasteiger partial charge in [0.1, 0.15) is 0 Å². The van der Waals surface area contributed by atoms with Crippen molar-refractivity contribution in [2.24, 2.45) is 5.92 Å². The molecule has 19 heavy (non-hydrogen) atoms. The van der Waals surface area contributed by atoms with Crippen LogP contribution in [0.4, 0.5) is 17.8 Å². The summed E-state index contributed by atoms with van der Waals surface area (Å²) < 4.78 is 5.49. The number of aromatic nitrogens is 3. The molecule has 0 bridgehead atoms. The molecule has 0 spiro atoms. The van der Waals surface area contributed by atoms with E-state index in [1.54, 1.807) is 0 Å². The lowest BCUT2D eigenvalue weighted by molar-refractivity contribution is 0.0575. The summed E-state index contributed by atoms with van der Waals surface area (Å²) in [5.41, 5.74) is 5.73. The van der Waals surface area contributed by atoms with Crippen LogP contribution in [-0.2, 0) is 4.74 Å². The first kappa shape index (κ1) is 13.8. The molecule has 2 N–H and O–H groups in total. The summed E-state index contributed by atoms with van der Waals surface area (Å²) in [6.45, 7) is 2.56. The van der Waals surface area contributed by atoms with Gasteiger partial charge in [-0.2, -0.15) is 15.0 Å². The van der Waals surface area contributed by atoms with Gasteiger partial charge in [-0.05, 0) is 18.8 Å². The van der Waals surface area contributed by atoms with E-state index < -0.39 is 0 Å². The van der Waals surface area contributed by atoms with E-state index >= 15 is 0 Å². The number of rotatable bonds is 4. The summed E-state index contributed by atoms with van der Waals surface area (Å²) in [6, 6.07) is 0. The highest BCUT2D eigenvalue weighted by molar-refractivity contribution is 5.42. The van der Waals surface area contributed by atoms with Crippen LogP contribution in [0.3, 0.4) is 0 Å². The van der Waals surface area contributed by atoms with Gasteiger partial charge in [0.2, 0.25) is 17.8 Å². The minimum atomic E-state index is 0.250. The molecule has 0 radical (unpaired) electrons. The number of ether oxygens (including phenoxy) is 1. The van der Waals surface area contributed by atoms with E-state index in [1.807, 2.05) is 30.9 Å². The van der Waals surface area contributed by atoms with Crippen molar-refractivity contribution in [3.05, 3.63) is 0 Å². The van der Waals surface area contributed by atoms with E-state index in [9.17, 15) is 0 Å². The first-order valence-electron chi connectivity index (χ1n) is 6.54. The van der Waals surface area contributed by atoms with Crippen LogP contribution in [0.25, 0.3) is 0 Å². The third kappa shape index (κ3) is 3.66. The highest BCUT2D eigenvalue weighted by atomic mass is 16.5. The zero-order valence-electron chi connectivity index (χ0n) is 11.8. The average Bonchev–Trinajstić information content (AvgIpc) is 2.39. The summed E-state index contributed by atoms with van der Waals surface area (Å²) in [4.78, 5) is 16.5. The summed E-state index contributed by atoms with van der Waals surface area (Å²) >= 11 is 0. The normalized spacial score (nSPS) is 19.2. The second-order valence-electron chi connectivity index (χ2n) is 5.15. The fourth-order valence-electron chi connectivity index (χ4n) is 2.16. The van der Waals surface area contributed by atoms with Gasteiger partial charge in [0.05, 0.1) is 6.61 Å². The Morgan fingerprint density at radius 2 is 1.95 bits per heavy atom. The third-order valence-corrected chi connectivity index (χ3v) is 3.16. The molecule has 1 aliphatic rings. The lowest BCUT2D eigenvalue weighted by Crippen LogP contribution is -2.32. The molecule has 0 amide bonds. The maximum absolute atomic E-state index is 5.73. The molecule has 1 fully saturated rings. The Hall–Kier alpha value is -1.63. The molecule has 1 aromatic heterocycles. The van der Waals surface area contributed by atoms with Crippen molar-refractivity contribution in [1.82, 2.24) is 15.0 Å². The largest absolute Gasteiger partial charge is 0.381 e. The number of nitrogens with zero attached hydrogens (tertiary/aromatic N) is 5. The first-order valence-corrected chi connectivity index (χ1v) is 6.54. The van der Waals surface area contributed by atoms with Gasteiger partial charge in [-0.3, -0.25) is 0 Å². The molecule has 1 aromatic rings. The zero-order chi connectivity index (χ0) is 13.8. The van der Waals surface area contributed by atoms with Crippen molar-refractivity contribution in [3.8, 4) is 0 Å². The molecule has 0 saturated carbocycles. The van der Waals surface area contributed by atoms with Gasteiger partial charge in [0.15, 0.2) is 0 Å². The maximum atomic E-state index is 5.73. The lowest BCUT2D eigenvalue weighted by Gasteiger charge is -2.27. The molecule has 2 rings (SSSR count). The van der Waals surface area contributed by atoms with Gasteiger partial charge in [-0.1, -0.05) is 0 Å². The summed E-state index contributed by atoms with van der Waals surface area (Å²) in [6.07, 6.45) is 2.31. The van der Waals surface area contributed by atoms with E-state index in [1.165, 1.54) is 6.42 Å². The van der Waals surface area contributed by atoms with Crippen molar-refractivity contribution < 1.29 is 4.74 Å². The lowest BCUT2D eigenvalue weighted by atomic mass is 10.0. The van der Waals surface area contributed by atoms with E-state index in [0.717, 1.165) is 26.2 Å². The van der Waals surface area contributed by atoms with Gasteiger partial charge < -0.3 is 20.3 Å². The highest BCUT2D eigenvalue weighted by Crippen LogP contribution is 2.18. The first-order chi connectivity index (χ1) is 9.06. The molecule has 7 heteroatoms. The van der Waals surface area contributed by atoms with Crippen molar-refractivity contribution in [3.63, 3.8) is 0 Å². The Morgan fingerprint density at radius 3 is 2.58 bits per heavy atom. The van der Waals surface area contributed by atoms with Crippen LogP contribution < -0.4 is 15.5 Å².